The molecule has 5 heteroatoms. The average molecular weight is 299 g/mol. The maximum Gasteiger partial charge on any atom is 0.311 e. The monoisotopic (exact) mass is 299 g/mol. The summed E-state index contributed by atoms with van der Waals surface area (Å²) >= 11 is 0. The lowest BCUT2D eigenvalue weighted by atomic mass is 9.81. The molecule has 1 saturated heterocycles. The number of hydrogen-bond donors (Lipinski definition) is 1. The fourth-order valence-electron chi connectivity index (χ4n) is 2.12. The van der Waals surface area contributed by atoms with Gasteiger partial charge in [-0.25, -0.2) is 0 Å². The van der Waals surface area contributed by atoms with Gasteiger partial charge in [0.25, 0.3) is 0 Å². The molecule has 0 saturated carbocycles. The van der Waals surface area contributed by atoms with Crippen LogP contribution >= 0.6 is 0 Å². The molecule has 0 aromatic rings. The Morgan fingerprint density at radius 1 is 1.29 bits per heavy atom. The molecule has 5 nitrogen and oxygen atoms in total. The largest absolute Gasteiger partial charge is 0.462 e. The number of amides is 1. The number of esters is 1. The van der Waals surface area contributed by atoms with Crippen LogP contribution in [-0.2, 0) is 19.1 Å². The van der Waals surface area contributed by atoms with Crippen LogP contribution in [0.5, 0.6) is 0 Å². The van der Waals surface area contributed by atoms with Crippen LogP contribution in [0.3, 0.4) is 0 Å². The molecular weight excluding hydrogens is 270 g/mol. The molecule has 0 spiro atoms. The van der Waals surface area contributed by atoms with E-state index in [4.69, 9.17) is 9.47 Å². The van der Waals surface area contributed by atoms with E-state index in [2.05, 4.69) is 5.32 Å². The van der Waals surface area contributed by atoms with E-state index >= 15 is 0 Å². The molecule has 2 atom stereocenters. The number of carbonyl (C=O) groups is 2. The predicted octanol–water partition coefficient (Wildman–Crippen LogP) is 2.29. The van der Waals surface area contributed by atoms with Crippen molar-refractivity contribution in [1.29, 1.82) is 0 Å². The van der Waals surface area contributed by atoms with E-state index in [0.717, 1.165) is 0 Å². The molecule has 1 aliphatic heterocycles. The second-order valence-electron chi connectivity index (χ2n) is 7.49. The van der Waals surface area contributed by atoms with Crippen LogP contribution < -0.4 is 5.32 Å². The van der Waals surface area contributed by atoms with Crippen LogP contribution in [-0.4, -0.2) is 36.7 Å². The zero-order chi connectivity index (χ0) is 16.3. The predicted molar refractivity (Wildman–Crippen MR) is 80.8 cm³/mol. The van der Waals surface area contributed by atoms with Crippen molar-refractivity contribution in [2.24, 2.45) is 11.3 Å². The molecule has 1 aliphatic rings. The van der Waals surface area contributed by atoms with Crippen molar-refractivity contribution < 1.29 is 19.1 Å². The van der Waals surface area contributed by atoms with E-state index in [1.54, 1.807) is 0 Å². The van der Waals surface area contributed by atoms with Crippen LogP contribution in [0.2, 0.25) is 0 Å². The highest BCUT2D eigenvalue weighted by molar-refractivity contribution is 5.81. The molecule has 21 heavy (non-hydrogen) atoms. The number of nitrogens with one attached hydrogen (secondary N) is 1. The number of ether oxygens (including phenoxy) is 2. The van der Waals surface area contributed by atoms with Gasteiger partial charge < -0.3 is 14.8 Å². The molecule has 0 aliphatic carbocycles. The highest BCUT2D eigenvalue weighted by atomic mass is 16.6. The summed E-state index contributed by atoms with van der Waals surface area (Å²) in [6.07, 6.45) is 1.25. The Balaban J connectivity index is 2.55. The molecule has 1 N–H and O–H groups in total. The van der Waals surface area contributed by atoms with Crippen molar-refractivity contribution in [3.63, 3.8) is 0 Å². The number of epoxide rings is 1. The first-order chi connectivity index (χ1) is 9.55. The average Bonchev–Trinajstić information content (AvgIpc) is 3.14. The van der Waals surface area contributed by atoms with E-state index in [-0.39, 0.29) is 29.4 Å². The van der Waals surface area contributed by atoms with Crippen LogP contribution in [0.4, 0.5) is 0 Å². The lowest BCUT2D eigenvalue weighted by Crippen LogP contribution is -2.45. The SMILES string of the molecule is CCC(CC(C)(C)C(=O)OCC1CO1)C(=O)NC(C)(C)C. The first-order valence-electron chi connectivity index (χ1n) is 7.66. The van der Waals surface area contributed by atoms with E-state index in [1.165, 1.54) is 0 Å². The van der Waals surface area contributed by atoms with Gasteiger partial charge in [0.1, 0.15) is 12.7 Å². The van der Waals surface area contributed by atoms with Crippen LogP contribution in [0.15, 0.2) is 0 Å². The third-order valence-corrected chi connectivity index (χ3v) is 3.47. The molecule has 1 amide bonds. The smallest absolute Gasteiger partial charge is 0.311 e. The van der Waals surface area contributed by atoms with Crippen molar-refractivity contribution in [2.45, 2.75) is 66.0 Å². The number of carbonyl (C=O) groups excluding carboxylic acids is 2. The minimum atomic E-state index is -0.676. The van der Waals surface area contributed by atoms with Crippen LogP contribution in [0, 0.1) is 11.3 Å². The molecule has 1 rings (SSSR count). The summed E-state index contributed by atoms with van der Waals surface area (Å²) in [5, 5.41) is 2.98. The fourth-order valence-corrected chi connectivity index (χ4v) is 2.12. The summed E-state index contributed by atoms with van der Waals surface area (Å²) < 4.78 is 10.3. The molecule has 1 heterocycles. The summed E-state index contributed by atoms with van der Waals surface area (Å²) in [5.41, 5.74) is -0.941. The zero-order valence-corrected chi connectivity index (χ0v) is 14.1. The minimum absolute atomic E-state index is 0.00333. The van der Waals surface area contributed by atoms with Gasteiger partial charge in [0.05, 0.1) is 12.0 Å². The Morgan fingerprint density at radius 3 is 2.29 bits per heavy atom. The maximum absolute atomic E-state index is 12.3. The summed E-state index contributed by atoms with van der Waals surface area (Å²) in [7, 11) is 0. The zero-order valence-electron chi connectivity index (χ0n) is 14.1. The van der Waals surface area contributed by atoms with Gasteiger partial charge in [0, 0.05) is 11.5 Å². The summed E-state index contributed by atoms with van der Waals surface area (Å²) in [6, 6.07) is 0. The van der Waals surface area contributed by atoms with Gasteiger partial charge in [0.15, 0.2) is 0 Å². The van der Waals surface area contributed by atoms with Crippen molar-refractivity contribution in [3.05, 3.63) is 0 Å². The van der Waals surface area contributed by atoms with Gasteiger partial charge in [-0.15, -0.1) is 0 Å². The van der Waals surface area contributed by atoms with Crippen molar-refractivity contribution in [1.82, 2.24) is 5.32 Å². The van der Waals surface area contributed by atoms with E-state index in [9.17, 15) is 9.59 Å². The highest BCUT2D eigenvalue weighted by Gasteiger charge is 2.36. The summed E-state index contributed by atoms with van der Waals surface area (Å²) in [6.45, 7) is 12.5. The fraction of sp³-hybridized carbons (Fsp3) is 0.875. The normalized spacial score (nSPS) is 19.8. The first-order valence-corrected chi connectivity index (χ1v) is 7.66. The lowest BCUT2D eigenvalue weighted by molar-refractivity contribution is -0.155. The molecule has 2 unspecified atom stereocenters. The second kappa shape index (κ2) is 6.77. The number of hydrogen-bond acceptors (Lipinski definition) is 4. The third-order valence-electron chi connectivity index (χ3n) is 3.47. The molecule has 1 fully saturated rings. The second-order valence-corrected chi connectivity index (χ2v) is 7.49. The molecule has 0 bridgehead atoms. The minimum Gasteiger partial charge on any atom is -0.462 e. The quantitative estimate of drug-likeness (QED) is 0.578. The molecule has 0 aromatic heterocycles. The first kappa shape index (κ1) is 18.0. The van der Waals surface area contributed by atoms with Gasteiger partial charge in [0.2, 0.25) is 5.91 Å². The Bertz CT molecular complexity index is 380. The van der Waals surface area contributed by atoms with E-state index < -0.39 is 5.41 Å². The number of rotatable bonds is 7. The Morgan fingerprint density at radius 2 is 1.86 bits per heavy atom. The third kappa shape index (κ3) is 6.46. The van der Waals surface area contributed by atoms with Gasteiger partial charge >= 0.3 is 5.97 Å². The molecule has 122 valence electrons. The Kier molecular flexibility index (Phi) is 5.79. The maximum atomic E-state index is 12.3. The van der Waals surface area contributed by atoms with Gasteiger partial charge in [-0.1, -0.05) is 6.92 Å². The van der Waals surface area contributed by atoms with Gasteiger partial charge in [-0.3, -0.25) is 9.59 Å². The van der Waals surface area contributed by atoms with Crippen LogP contribution in [0.1, 0.15) is 54.4 Å². The van der Waals surface area contributed by atoms with Gasteiger partial charge in [-0.05, 0) is 47.5 Å². The van der Waals surface area contributed by atoms with E-state index in [0.29, 0.717) is 26.1 Å². The Labute approximate surface area is 127 Å². The van der Waals surface area contributed by atoms with Gasteiger partial charge in [-0.2, -0.15) is 0 Å². The molecule has 0 radical (unpaired) electrons. The van der Waals surface area contributed by atoms with Crippen LogP contribution in [0.25, 0.3) is 0 Å². The van der Waals surface area contributed by atoms with Crippen molar-refractivity contribution >= 4 is 11.9 Å². The molecule has 0 aromatic carbocycles. The lowest BCUT2D eigenvalue weighted by Gasteiger charge is -2.29. The Hall–Kier alpha value is -1.10. The van der Waals surface area contributed by atoms with E-state index in [1.807, 2.05) is 41.5 Å². The summed E-state index contributed by atoms with van der Waals surface area (Å²) in [5.74, 6) is -0.458. The topological polar surface area (TPSA) is 67.9 Å². The highest BCUT2D eigenvalue weighted by Crippen LogP contribution is 2.29. The van der Waals surface area contributed by atoms with Crippen molar-refractivity contribution in [2.75, 3.05) is 13.2 Å². The van der Waals surface area contributed by atoms with Crippen molar-refractivity contribution in [3.8, 4) is 0 Å². The molecular formula is C16H29NO4. The standard InChI is InChI=1S/C16H29NO4/c1-7-11(13(18)17-15(2,3)4)8-16(5,6)14(19)21-10-12-9-20-12/h11-12H,7-10H2,1-6H3,(H,17,18). The summed E-state index contributed by atoms with van der Waals surface area (Å²) in [4.78, 5) is 24.4.